The van der Waals surface area contributed by atoms with Crippen molar-refractivity contribution in [1.82, 2.24) is 14.6 Å². The smallest absolute Gasteiger partial charge is 0.406 e. The van der Waals surface area contributed by atoms with Crippen molar-refractivity contribution in [3.63, 3.8) is 0 Å². The van der Waals surface area contributed by atoms with E-state index in [9.17, 15) is 28.8 Å². The molecule has 222 valence electrons. The van der Waals surface area contributed by atoms with Gasteiger partial charge in [-0.25, -0.2) is 14.4 Å². The highest BCUT2D eigenvalue weighted by Crippen LogP contribution is 2.49. The van der Waals surface area contributed by atoms with Crippen LogP contribution in [0.25, 0.3) is 0 Å². The van der Waals surface area contributed by atoms with Crippen LogP contribution in [0.3, 0.4) is 0 Å². The maximum absolute atomic E-state index is 13.6. The Morgan fingerprint density at radius 2 is 1.92 bits per heavy atom. The largest absolute Gasteiger partial charge is 0.462 e. The van der Waals surface area contributed by atoms with Crippen molar-refractivity contribution < 1.29 is 37.8 Å². The molecular formula is C22H34Cl2N3O10PS. The molecule has 17 heteroatoms. The Bertz CT molecular complexity index is 1190. The van der Waals surface area contributed by atoms with Gasteiger partial charge in [0.2, 0.25) is 0 Å². The summed E-state index contributed by atoms with van der Waals surface area (Å²) in [4.78, 5) is 50.1. The number of hydrogen-bond donors (Lipinski definition) is 3. The number of aliphatic hydroxyl groups is 1. The van der Waals surface area contributed by atoms with E-state index in [1.807, 2.05) is 4.98 Å². The predicted octanol–water partition coefficient (Wildman–Crippen LogP) is 2.35. The van der Waals surface area contributed by atoms with Crippen LogP contribution in [-0.2, 0) is 32.7 Å². The van der Waals surface area contributed by atoms with Gasteiger partial charge in [-0.05, 0) is 20.8 Å². The fourth-order valence-corrected chi connectivity index (χ4v) is 6.11. The van der Waals surface area contributed by atoms with Gasteiger partial charge in [0.1, 0.15) is 18.2 Å². The molecule has 0 aliphatic carbocycles. The Kier molecular flexibility index (Phi) is 11.9. The lowest BCUT2D eigenvalue weighted by molar-refractivity contribution is -0.149. The van der Waals surface area contributed by atoms with Gasteiger partial charge in [0.05, 0.1) is 19.3 Å². The molecule has 0 radical (unpaired) electrons. The van der Waals surface area contributed by atoms with E-state index in [-0.39, 0.29) is 17.5 Å². The van der Waals surface area contributed by atoms with Crippen molar-refractivity contribution in [3.8, 4) is 0 Å². The first kappa shape index (κ1) is 34.0. The summed E-state index contributed by atoms with van der Waals surface area (Å²) >= 11 is 13.6. The van der Waals surface area contributed by atoms with E-state index in [2.05, 4.69) is 5.09 Å². The van der Waals surface area contributed by atoms with Crippen LogP contribution in [0.2, 0.25) is 0 Å². The van der Waals surface area contributed by atoms with Crippen LogP contribution >= 0.6 is 42.7 Å². The summed E-state index contributed by atoms with van der Waals surface area (Å²) in [5.74, 6) is -0.577. The maximum Gasteiger partial charge on any atom is 0.406 e. The second-order valence-corrected chi connectivity index (χ2v) is 14.3. The van der Waals surface area contributed by atoms with Gasteiger partial charge in [-0.15, -0.1) is 0 Å². The van der Waals surface area contributed by atoms with Gasteiger partial charge in [0, 0.05) is 23.4 Å². The lowest BCUT2D eigenvalue weighted by atomic mass is 10.00. The van der Waals surface area contributed by atoms with E-state index >= 15 is 0 Å². The number of nitrogens with one attached hydrogen (secondary N) is 2. The number of alkyl halides is 2. The first-order chi connectivity index (χ1) is 17.9. The monoisotopic (exact) mass is 633 g/mol. The van der Waals surface area contributed by atoms with Crippen molar-refractivity contribution in [1.29, 1.82) is 0 Å². The Labute approximate surface area is 239 Å². The van der Waals surface area contributed by atoms with Crippen molar-refractivity contribution in [2.45, 2.75) is 76.5 Å². The number of aromatic nitrogens is 2. The molecule has 1 saturated heterocycles. The molecule has 1 aliphatic rings. The molecule has 1 aromatic heterocycles. The third-order valence-electron chi connectivity index (χ3n) is 5.14. The van der Waals surface area contributed by atoms with Crippen molar-refractivity contribution in [3.05, 3.63) is 33.1 Å². The number of thioether (sulfide) groups is 1. The average Bonchev–Trinajstić information content (AvgIpc) is 3.03. The lowest BCUT2D eigenvalue weighted by Gasteiger charge is -2.25. The number of esters is 1. The summed E-state index contributed by atoms with van der Waals surface area (Å²) in [7, 11) is -4.27. The van der Waals surface area contributed by atoms with E-state index < -0.39 is 71.9 Å². The zero-order chi connectivity index (χ0) is 29.8. The van der Waals surface area contributed by atoms with Gasteiger partial charge in [-0.3, -0.25) is 33.0 Å². The van der Waals surface area contributed by atoms with Crippen LogP contribution in [0.5, 0.6) is 0 Å². The Morgan fingerprint density at radius 3 is 2.49 bits per heavy atom. The van der Waals surface area contributed by atoms with Crippen LogP contribution in [0.4, 0.5) is 0 Å². The Balaban J connectivity index is 2.16. The van der Waals surface area contributed by atoms with Crippen molar-refractivity contribution in [2.75, 3.05) is 19.0 Å². The Morgan fingerprint density at radius 1 is 1.28 bits per heavy atom. The molecule has 0 amide bonds. The number of aromatic amines is 1. The minimum Gasteiger partial charge on any atom is -0.462 e. The first-order valence-electron chi connectivity index (χ1n) is 11.9. The fourth-order valence-electron chi connectivity index (χ4n) is 3.13. The number of aliphatic hydroxyl groups excluding tert-OH is 1. The molecule has 2 heterocycles. The second kappa shape index (κ2) is 13.6. The van der Waals surface area contributed by atoms with E-state index in [0.29, 0.717) is 0 Å². The number of H-pyrrole nitrogens is 1. The summed E-state index contributed by atoms with van der Waals surface area (Å²) in [6.45, 7) is 9.18. The summed E-state index contributed by atoms with van der Waals surface area (Å²) in [6, 6.07) is -0.0827. The highest BCUT2D eigenvalue weighted by molar-refractivity contribution is 8.13. The summed E-state index contributed by atoms with van der Waals surface area (Å²) in [5.41, 5.74) is -2.14. The van der Waals surface area contributed by atoms with E-state index in [4.69, 9.17) is 41.7 Å². The third-order valence-corrected chi connectivity index (χ3v) is 8.92. The fraction of sp³-hybridized carbons (Fsp3) is 0.727. The molecule has 13 nitrogen and oxygen atoms in total. The molecule has 1 aliphatic heterocycles. The number of nitrogens with zero attached hydrogens (tertiary/aromatic N) is 1. The summed E-state index contributed by atoms with van der Waals surface area (Å²) < 4.78 is 34.1. The van der Waals surface area contributed by atoms with Gasteiger partial charge in [-0.1, -0.05) is 55.7 Å². The van der Waals surface area contributed by atoms with Crippen molar-refractivity contribution in [2.24, 2.45) is 5.41 Å². The van der Waals surface area contributed by atoms with Gasteiger partial charge in [0.25, 0.3) is 5.56 Å². The molecule has 1 aromatic rings. The molecule has 0 bridgehead atoms. The van der Waals surface area contributed by atoms with Crippen LogP contribution in [0.15, 0.2) is 21.9 Å². The maximum atomic E-state index is 13.6. The highest BCUT2D eigenvalue weighted by Gasteiger charge is 2.56. The standard InChI is InChI=1S/C22H34Cl2N3O10PS/c1-12(2)36-17(30)13(3)26-38(33,34-9-10-39-19(31)21(4,5)6)35-11-14-16(29)22(23,24)18(37-14)27-8-7-15(28)25-20(27)32/h7-8,12-14,16,18,29H,9-11H2,1-6H3,(H,26,33)(H,25,28,32). The molecule has 1 fully saturated rings. The third kappa shape index (κ3) is 9.40. The zero-order valence-electron chi connectivity index (χ0n) is 22.3. The number of halogens is 2. The quantitative estimate of drug-likeness (QED) is 0.133. The molecule has 39 heavy (non-hydrogen) atoms. The van der Waals surface area contributed by atoms with Crippen LogP contribution < -0.4 is 16.3 Å². The topological polar surface area (TPSA) is 175 Å². The second-order valence-electron chi connectivity index (χ2n) is 10.0. The molecule has 0 saturated carbocycles. The summed E-state index contributed by atoms with van der Waals surface area (Å²) in [6.07, 6.45) is -3.73. The van der Waals surface area contributed by atoms with E-state index in [1.165, 1.54) is 6.92 Å². The Hall–Kier alpha value is -1.22. The molecule has 2 rings (SSSR count). The van der Waals surface area contributed by atoms with Crippen LogP contribution in [0, 0.1) is 5.41 Å². The number of hydrogen-bond acceptors (Lipinski definition) is 11. The highest BCUT2D eigenvalue weighted by atomic mass is 35.5. The SMILES string of the molecule is CC(C)OC(=O)C(C)NP(=O)(OCCSC(=O)C(C)(C)C)OCC1OC(n2ccc(=O)[nH]c2=O)C(Cl)(Cl)C1O. The number of rotatable bonds is 12. The molecule has 0 spiro atoms. The molecular weight excluding hydrogens is 600 g/mol. The first-order valence-corrected chi connectivity index (χ1v) is 15.2. The average molecular weight is 634 g/mol. The van der Waals surface area contributed by atoms with Crippen molar-refractivity contribution >= 4 is 53.8 Å². The summed E-state index contributed by atoms with van der Waals surface area (Å²) in [5, 5.41) is 13.1. The van der Waals surface area contributed by atoms with E-state index in [1.54, 1.807) is 34.6 Å². The van der Waals surface area contributed by atoms with Gasteiger partial charge < -0.3 is 14.6 Å². The number of carbonyl (C=O) groups is 2. The normalized spacial score (nSPS) is 23.4. The minimum absolute atomic E-state index is 0.102. The molecule has 0 aromatic carbocycles. The zero-order valence-corrected chi connectivity index (χ0v) is 25.6. The van der Waals surface area contributed by atoms with Crippen LogP contribution in [0.1, 0.15) is 47.8 Å². The van der Waals surface area contributed by atoms with Crippen LogP contribution in [-0.4, -0.2) is 73.4 Å². The predicted molar refractivity (Wildman–Crippen MR) is 146 cm³/mol. The number of ether oxygens (including phenoxy) is 2. The molecule has 3 N–H and O–H groups in total. The molecule has 5 atom stereocenters. The minimum atomic E-state index is -4.27. The number of carbonyl (C=O) groups excluding carboxylic acids is 2. The van der Waals surface area contributed by atoms with Gasteiger partial charge >= 0.3 is 19.4 Å². The van der Waals surface area contributed by atoms with Gasteiger partial charge in [-0.2, -0.15) is 0 Å². The molecule has 5 unspecified atom stereocenters. The van der Waals surface area contributed by atoms with Gasteiger partial charge in [0.15, 0.2) is 15.7 Å². The lowest BCUT2D eigenvalue weighted by Crippen LogP contribution is -2.41. The van der Waals surface area contributed by atoms with E-state index in [0.717, 1.165) is 28.6 Å².